The second-order valence-electron chi connectivity index (χ2n) is 7.76. The molecule has 1 heterocycles. The minimum atomic E-state index is -4.33. The summed E-state index contributed by atoms with van der Waals surface area (Å²) in [6, 6.07) is 5.72. The first-order chi connectivity index (χ1) is 13.7. The normalized spacial score (nSPS) is 16.4. The summed E-state index contributed by atoms with van der Waals surface area (Å²) in [6.07, 6.45) is -1.60. The number of nitrogens with one attached hydrogen (secondary N) is 2. The summed E-state index contributed by atoms with van der Waals surface area (Å²) in [6.45, 7) is 5.11. The van der Waals surface area contributed by atoms with Crippen molar-refractivity contribution in [1.82, 2.24) is 20.4 Å². The molecule has 0 unspecified atom stereocenters. The van der Waals surface area contributed by atoms with E-state index in [0.717, 1.165) is 47.8 Å². The van der Waals surface area contributed by atoms with E-state index < -0.39 is 11.7 Å². The molecule has 158 valence electrons. The van der Waals surface area contributed by atoms with Crippen LogP contribution in [0, 0.1) is 13.8 Å². The third-order valence-electron chi connectivity index (χ3n) is 6.02. The number of aliphatic imine (C=N–C) groups is 1. The van der Waals surface area contributed by atoms with Crippen molar-refractivity contribution in [3.63, 3.8) is 0 Å². The first-order valence-corrected chi connectivity index (χ1v) is 9.77. The van der Waals surface area contributed by atoms with Crippen molar-refractivity contribution in [2.45, 2.75) is 51.2 Å². The number of alkyl halides is 3. The minimum Gasteiger partial charge on any atom is -0.356 e. The lowest BCUT2D eigenvalue weighted by atomic mass is 9.64. The molecular weight excluding hydrogens is 379 g/mol. The van der Waals surface area contributed by atoms with Crippen molar-refractivity contribution in [2.75, 3.05) is 13.6 Å². The number of nitrogens with zero attached hydrogens (tertiary/aromatic N) is 3. The molecule has 0 amide bonds. The van der Waals surface area contributed by atoms with Crippen LogP contribution in [-0.2, 0) is 25.2 Å². The molecule has 2 aromatic rings. The lowest BCUT2D eigenvalue weighted by Gasteiger charge is -2.43. The van der Waals surface area contributed by atoms with E-state index in [1.807, 2.05) is 25.6 Å². The summed E-state index contributed by atoms with van der Waals surface area (Å²) < 4.78 is 41.2. The quantitative estimate of drug-likeness (QED) is 0.585. The van der Waals surface area contributed by atoms with Crippen LogP contribution in [0.4, 0.5) is 13.2 Å². The van der Waals surface area contributed by atoms with E-state index in [9.17, 15) is 13.2 Å². The van der Waals surface area contributed by atoms with Crippen LogP contribution in [0.3, 0.4) is 0 Å². The third kappa shape index (κ3) is 4.41. The van der Waals surface area contributed by atoms with Gasteiger partial charge in [0.2, 0.25) is 0 Å². The van der Waals surface area contributed by atoms with Crippen LogP contribution < -0.4 is 10.6 Å². The number of hydrogen-bond donors (Lipinski definition) is 2. The summed E-state index contributed by atoms with van der Waals surface area (Å²) in [5, 5.41) is 11.0. The van der Waals surface area contributed by atoms with Gasteiger partial charge in [0.25, 0.3) is 0 Å². The number of hydrogen-bond acceptors (Lipinski definition) is 2. The summed E-state index contributed by atoms with van der Waals surface area (Å²) >= 11 is 0. The van der Waals surface area contributed by atoms with Crippen molar-refractivity contribution in [3.8, 4) is 0 Å². The zero-order chi connectivity index (χ0) is 21.2. The average Bonchev–Trinajstić information content (AvgIpc) is 2.88. The van der Waals surface area contributed by atoms with Crippen LogP contribution >= 0.6 is 0 Å². The van der Waals surface area contributed by atoms with Gasteiger partial charge in [-0.25, -0.2) is 0 Å². The Kier molecular flexibility index (Phi) is 5.91. The maximum Gasteiger partial charge on any atom is 0.416 e. The van der Waals surface area contributed by atoms with E-state index in [0.29, 0.717) is 19.0 Å². The van der Waals surface area contributed by atoms with Gasteiger partial charge < -0.3 is 10.6 Å². The summed E-state index contributed by atoms with van der Waals surface area (Å²) in [7, 11) is 3.60. The van der Waals surface area contributed by atoms with Gasteiger partial charge in [0.1, 0.15) is 0 Å². The van der Waals surface area contributed by atoms with E-state index in [2.05, 4.69) is 20.7 Å². The maximum atomic E-state index is 13.1. The van der Waals surface area contributed by atoms with Crippen LogP contribution in [0.15, 0.2) is 29.3 Å². The molecule has 0 aliphatic heterocycles. The highest BCUT2D eigenvalue weighted by atomic mass is 19.4. The molecule has 1 aliphatic rings. The Morgan fingerprint density at radius 2 is 1.97 bits per heavy atom. The fourth-order valence-electron chi connectivity index (χ4n) is 3.92. The van der Waals surface area contributed by atoms with Crippen molar-refractivity contribution in [1.29, 1.82) is 0 Å². The topological polar surface area (TPSA) is 54.2 Å². The maximum absolute atomic E-state index is 13.1. The van der Waals surface area contributed by atoms with Crippen molar-refractivity contribution >= 4 is 5.96 Å². The molecule has 1 aromatic carbocycles. The molecule has 1 aliphatic carbocycles. The van der Waals surface area contributed by atoms with Crippen molar-refractivity contribution < 1.29 is 13.2 Å². The lowest BCUT2D eigenvalue weighted by molar-refractivity contribution is -0.137. The molecule has 1 aromatic heterocycles. The van der Waals surface area contributed by atoms with Gasteiger partial charge >= 0.3 is 6.18 Å². The molecule has 0 bridgehead atoms. The molecule has 5 nitrogen and oxygen atoms in total. The van der Waals surface area contributed by atoms with Gasteiger partial charge in [0, 0.05) is 43.9 Å². The van der Waals surface area contributed by atoms with Gasteiger partial charge in [0.15, 0.2) is 5.96 Å². The Balaban J connectivity index is 1.68. The predicted molar refractivity (Wildman–Crippen MR) is 108 cm³/mol. The van der Waals surface area contributed by atoms with Gasteiger partial charge in [0.05, 0.1) is 11.3 Å². The van der Waals surface area contributed by atoms with E-state index in [-0.39, 0.29) is 5.41 Å². The summed E-state index contributed by atoms with van der Waals surface area (Å²) in [4.78, 5) is 4.27. The van der Waals surface area contributed by atoms with E-state index in [4.69, 9.17) is 0 Å². The van der Waals surface area contributed by atoms with Gasteiger partial charge in [-0.1, -0.05) is 24.6 Å². The van der Waals surface area contributed by atoms with E-state index in [1.54, 1.807) is 13.1 Å². The fraction of sp³-hybridized carbons (Fsp3) is 0.524. The first kappa shape index (κ1) is 21.2. The summed E-state index contributed by atoms with van der Waals surface area (Å²) in [5.74, 6) is 0.630. The van der Waals surface area contributed by atoms with Crippen molar-refractivity contribution in [3.05, 3.63) is 52.3 Å². The van der Waals surface area contributed by atoms with Crippen molar-refractivity contribution in [2.24, 2.45) is 12.0 Å². The third-order valence-corrected chi connectivity index (χ3v) is 6.02. The molecule has 0 radical (unpaired) electrons. The Bertz CT molecular complexity index is 894. The zero-order valence-corrected chi connectivity index (χ0v) is 17.3. The highest BCUT2D eigenvalue weighted by Crippen LogP contribution is 2.44. The van der Waals surface area contributed by atoms with E-state index >= 15 is 0 Å². The largest absolute Gasteiger partial charge is 0.416 e. The van der Waals surface area contributed by atoms with Crippen LogP contribution in [0.5, 0.6) is 0 Å². The molecule has 0 saturated heterocycles. The fourth-order valence-corrected chi connectivity index (χ4v) is 3.92. The Morgan fingerprint density at radius 3 is 2.48 bits per heavy atom. The SMILES string of the molecule is CN=C(NCc1c(C)nn(C)c1C)NCC1(c2cccc(C(F)(F)F)c2)CCC1. The van der Waals surface area contributed by atoms with Gasteiger partial charge in [-0.05, 0) is 38.3 Å². The number of aromatic nitrogens is 2. The standard InChI is InChI=1S/C21H28F3N5/c1-14-18(15(2)29(4)28-14)12-26-19(25-3)27-13-20(9-6-10-20)16-7-5-8-17(11-16)21(22,23)24/h5,7-8,11H,6,9-10,12-13H2,1-4H3,(H2,25,26,27). The molecule has 8 heteroatoms. The van der Waals surface area contributed by atoms with Crippen LogP contribution in [0.2, 0.25) is 0 Å². The Morgan fingerprint density at radius 1 is 1.24 bits per heavy atom. The molecular formula is C21H28F3N5. The Labute approximate surface area is 169 Å². The molecule has 1 fully saturated rings. The smallest absolute Gasteiger partial charge is 0.356 e. The second-order valence-corrected chi connectivity index (χ2v) is 7.76. The summed E-state index contributed by atoms with van der Waals surface area (Å²) in [5.41, 5.74) is 3.02. The molecule has 0 atom stereocenters. The van der Waals surface area contributed by atoms with Gasteiger partial charge in [-0.3, -0.25) is 9.67 Å². The monoisotopic (exact) mass is 407 g/mol. The Hall–Kier alpha value is -2.51. The minimum absolute atomic E-state index is 0.293. The number of benzene rings is 1. The molecule has 1 saturated carbocycles. The van der Waals surface area contributed by atoms with Gasteiger partial charge in [-0.2, -0.15) is 18.3 Å². The predicted octanol–water partition coefficient (Wildman–Crippen LogP) is 3.84. The van der Waals surface area contributed by atoms with E-state index in [1.165, 1.54) is 12.1 Å². The zero-order valence-electron chi connectivity index (χ0n) is 17.3. The molecule has 0 spiro atoms. The van der Waals surface area contributed by atoms with Gasteiger partial charge in [-0.15, -0.1) is 0 Å². The second kappa shape index (κ2) is 8.08. The molecule has 2 N–H and O–H groups in total. The number of aryl methyl sites for hydroxylation is 2. The van der Waals surface area contributed by atoms with Crippen LogP contribution in [-0.4, -0.2) is 29.3 Å². The highest BCUT2D eigenvalue weighted by molar-refractivity contribution is 5.79. The first-order valence-electron chi connectivity index (χ1n) is 9.77. The average molecular weight is 407 g/mol. The highest BCUT2D eigenvalue weighted by Gasteiger charge is 2.40. The van der Waals surface area contributed by atoms with Crippen LogP contribution in [0.25, 0.3) is 0 Å². The van der Waals surface area contributed by atoms with Crippen LogP contribution in [0.1, 0.15) is 47.3 Å². The molecule has 3 rings (SSSR count). The lowest BCUT2D eigenvalue weighted by Crippen LogP contribution is -2.48. The number of rotatable bonds is 5. The number of guanidine groups is 1. The molecule has 29 heavy (non-hydrogen) atoms. The number of halogens is 3.